The van der Waals surface area contributed by atoms with E-state index in [1.165, 1.54) is 0 Å². The molecule has 0 atom stereocenters. The fourth-order valence-electron chi connectivity index (χ4n) is 2.38. The van der Waals surface area contributed by atoms with Crippen molar-refractivity contribution in [3.05, 3.63) is 54.0 Å². The van der Waals surface area contributed by atoms with E-state index in [4.69, 9.17) is 0 Å². The lowest BCUT2D eigenvalue weighted by Crippen LogP contribution is -2.24. The lowest BCUT2D eigenvalue weighted by molar-refractivity contribution is -0.120. The molecule has 0 saturated carbocycles. The van der Waals surface area contributed by atoms with Crippen LogP contribution in [0.2, 0.25) is 0 Å². The van der Waals surface area contributed by atoms with Crippen molar-refractivity contribution in [2.24, 2.45) is 7.05 Å². The first-order valence-corrected chi connectivity index (χ1v) is 6.52. The van der Waals surface area contributed by atoms with Crippen LogP contribution in [0, 0.1) is 0 Å². The second-order valence-corrected chi connectivity index (χ2v) is 4.82. The second-order valence-electron chi connectivity index (χ2n) is 4.82. The maximum atomic E-state index is 12.0. The number of H-pyrrole nitrogens is 1. The van der Waals surface area contributed by atoms with E-state index in [0.717, 1.165) is 22.2 Å². The minimum atomic E-state index is 0.0101. The van der Waals surface area contributed by atoms with Gasteiger partial charge in [0.2, 0.25) is 5.91 Å². The van der Waals surface area contributed by atoms with E-state index in [1.807, 2.05) is 42.1 Å². The zero-order valence-electron chi connectivity index (χ0n) is 11.3. The van der Waals surface area contributed by atoms with Gasteiger partial charge in [0.15, 0.2) is 0 Å². The van der Waals surface area contributed by atoms with Crippen molar-refractivity contribution in [3.8, 4) is 0 Å². The molecule has 2 N–H and O–H groups in total. The monoisotopic (exact) mass is 268 g/mol. The van der Waals surface area contributed by atoms with E-state index in [1.54, 1.807) is 6.20 Å². The lowest BCUT2D eigenvalue weighted by atomic mass is 10.1. The predicted octanol–water partition coefficient (Wildman–Crippen LogP) is 1.76. The zero-order chi connectivity index (χ0) is 13.9. The van der Waals surface area contributed by atoms with Crippen molar-refractivity contribution in [1.82, 2.24) is 20.1 Å². The predicted molar refractivity (Wildman–Crippen MR) is 77.1 cm³/mol. The van der Waals surface area contributed by atoms with Gasteiger partial charge in [-0.3, -0.25) is 9.89 Å². The Labute approximate surface area is 116 Å². The molecular formula is C15H16N4O. The molecule has 2 aromatic heterocycles. The van der Waals surface area contributed by atoms with Gasteiger partial charge in [0.1, 0.15) is 0 Å². The maximum absolute atomic E-state index is 12.0. The summed E-state index contributed by atoms with van der Waals surface area (Å²) in [5, 5.41) is 10.7. The number of aromatic nitrogens is 3. The number of para-hydroxylation sites is 1. The third-order valence-electron chi connectivity index (χ3n) is 3.36. The second kappa shape index (κ2) is 5.21. The van der Waals surface area contributed by atoms with Crippen molar-refractivity contribution >= 4 is 16.8 Å². The van der Waals surface area contributed by atoms with Crippen molar-refractivity contribution in [1.29, 1.82) is 0 Å². The molecule has 20 heavy (non-hydrogen) atoms. The number of hydrogen-bond donors (Lipinski definition) is 2. The maximum Gasteiger partial charge on any atom is 0.224 e. The third-order valence-corrected chi connectivity index (χ3v) is 3.36. The Balaban J connectivity index is 1.71. The Kier molecular flexibility index (Phi) is 3.25. The molecule has 0 radical (unpaired) electrons. The molecule has 0 fully saturated rings. The number of benzene rings is 1. The van der Waals surface area contributed by atoms with Crippen LogP contribution in [0.1, 0.15) is 11.3 Å². The SMILES string of the molecule is Cn1cc(CC(=O)NCc2ccn[nH]2)c2ccccc21. The highest BCUT2D eigenvalue weighted by Gasteiger charge is 2.10. The van der Waals surface area contributed by atoms with Crippen LogP contribution >= 0.6 is 0 Å². The molecule has 1 amide bonds. The van der Waals surface area contributed by atoms with E-state index in [0.29, 0.717) is 13.0 Å². The number of fused-ring (bicyclic) bond motifs is 1. The molecule has 2 heterocycles. The van der Waals surface area contributed by atoms with Crippen LogP contribution < -0.4 is 5.32 Å². The number of carbonyl (C=O) groups is 1. The van der Waals surface area contributed by atoms with Crippen LogP contribution in [0.4, 0.5) is 0 Å². The number of aryl methyl sites for hydroxylation is 1. The fourth-order valence-corrected chi connectivity index (χ4v) is 2.38. The minimum Gasteiger partial charge on any atom is -0.350 e. The van der Waals surface area contributed by atoms with Crippen LogP contribution in [-0.2, 0) is 24.8 Å². The van der Waals surface area contributed by atoms with Gasteiger partial charge in [0.25, 0.3) is 0 Å². The van der Waals surface area contributed by atoms with Crippen LogP contribution in [-0.4, -0.2) is 20.7 Å². The molecule has 3 rings (SSSR count). The summed E-state index contributed by atoms with van der Waals surface area (Å²) in [6.45, 7) is 0.476. The summed E-state index contributed by atoms with van der Waals surface area (Å²) in [6, 6.07) is 9.95. The number of carbonyl (C=O) groups excluding carboxylic acids is 1. The number of amides is 1. The van der Waals surface area contributed by atoms with E-state index in [9.17, 15) is 4.79 Å². The molecule has 0 unspecified atom stereocenters. The van der Waals surface area contributed by atoms with Gasteiger partial charge < -0.3 is 9.88 Å². The quantitative estimate of drug-likeness (QED) is 0.757. The number of aromatic amines is 1. The molecule has 5 nitrogen and oxygen atoms in total. The average Bonchev–Trinajstić information content (AvgIpc) is 3.07. The highest BCUT2D eigenvalue weighted by Crippen LogP contribution is 2.20. The molecule has 0 saturated heterocycles. The average molecular weight is 268 g/mol. The number of nitrogens with zero attached hydrogens (tertiary/aromatic N) is 2. The summed E-state index contributed by atoms with van der Waals surface area (Å²) in [5.74, 6) is 0.0101. The highest BCUT2D eigenvalue weighted by molar-refractivity contribution is 5.89. The van der Waals surface area contributed by atoms with Crippen molar-refractivity contribution in [2.75, 3.05) is 0 Å². The zero-order valence-corrected chi connectivity index (χ0v) is 11.3. The van der Waals surface area contributed by atoms with Crippen molar-refractivity contribution in [2.45, 2.75) is 13.0 Å². The van der Waals surface area contributed by atoms with Gasteiger partial charge in [-0.1, -0.05) is 18.2 Å². The Morgan fingerprint density at radius 2 is 2.20 bits per heavy atom. The Morgan fingerprint density at radius 1 is 1.35 bits per heavy atom. The summed E-state index contributed by atoms with van der Waals surface area (Å²) in [6.07, 6.45) is 4.07. The van der Waals surface area contributed by atoms with Crippen LogP contribution in [0.15, 0.2) is 42.7 Å². The number of rotatable bonds is 4. The van der Waals surface area contributed by atoms with E-state index >= 15 is 0 Å². The molecular weight excluding hydrogens is 252 g/mol. The summed E-state index contributed by atoms with van der Waals surface area (Å²) < 4.78 is 2.05. The number of hydrogen-bond acceptors (Lipinski definition) is 2. The lowest BCUT2D eigenvalue weighted by Gasteiger charge is -2.02. The first-order valence-electron chi connectivity index (χ1n) is 6.52. The van der Waals surface area contributed by atoms with Gasteiger partial charge in [0, 0.05) is 30.3 Å². The Hall–Kier alpha value is -2.56. The van der Waals surface area contributed by atoms with Gasteiger partial charge in [-0.05, 0) is 17.7 Å². The van der Waals surface area contributed by atoms with Gasteiger partial charge in [-0.15, -0.1) is 0 Å². The van der Waals surface area contributed by atoms with Gasteiger partial charge in [-0.25, -0.2) is 0 Å². The standard InChI is InChI=1S/C15H16N4O/c1-19-10-11(13-4-2-3-5-14(13)19)8-15(20)16-9-12-6-7-17-18-12/h2-7,10H,8-9H2,1H3,(H,16,20)(H,17,18). The van der Waals surface area contributed by atoms with Gasteiger partial charge in [0.05, 0.1) is 18.7 Å². The summed E-state index contributed by atoms with van der Waals surface area (Å²) in [5.41, 5.74) is 3.09. The topological polar surface area (TPSA) is 62.7 Å². The van der Waals surface area contributed by atoms with Crippen molar-refractivity contribution in [3.63, 3.8) is 0 Å². The minimum absolute atomic E-state index is 0.0101. The highest BCUT2D eigenvalue weighted by atomic mass is 16.1. The Bertz CT molecular complexity index is 728. The van der Waals surface area contributed by atoms with E-state index in [-0.39, 0.29) is 5.91 Å². The van der Waals surface area contributed by atoms with Crippen molar-refractivity contribution < 1.29 is 4.79 Å². The number of nitrogens with one attached hydrogen (secondary N) is 2. The van der Waals surface area contributed by atoms with Crippen LogP contribution in [0.5, 0.6) is 0 Å². The van der Waals surface area contributed by atoms with E-state index in [2.05, 4.69) is 21.6 Å². The molecule has 0 bridgehead atoms. The summed E-state index contributed by atoms with van der Waals surface area (Å²) >= 11 is 0. The fraction of sp³-hybridized carbons (Fsp3) is 0.200. The van der Waals surface area contributed by atoms with Gasteiger partial charge in [-0.2, -0.15) is 5.10 Å². The van der Waals surface area contributed by atoms with Crippen LogP contribution in [0.25, 0.3) is 10.9 Å². The molecule has 102 valence electrons. The van der Waals surface area contributed by atoms with Gasteiger partial charge >= 0.3 is 0 Å². The summed E-state index contributed by atoms with van der Waals surface area (Å²) in [7, 11) is 1.99. The molecule has 1 aromatic carbocycles. The Morgan fingerprint density at radius 3 is 3.00 bits per heavy atom. The molecule has 3 aromatic rings. The normalized spacial score (nSPS) is 10.8. The third kappa shape index (κ3) is 2.42. The van der Waals surface area contributed by atoms with E-state index < -0.39 is 0 Å². The first kappa shape index (κ1) is 12.5. The van der Waals surface area contributed by atoms with Crippen LogP contribution in [0.3, 0.4) is 0 Å². The largest absolute Gasteiger partial charge is 0.350 e. The summed E-state index contributed by atoms with van der Waals surface area (Å²) in [4.78, 5) is 12.0. The molecule has 0 spiro atoms. The molecule has 0 aliphatic rings. The smallest absolute Gasteiger partial charge is 0.224 e. The first-order chi connectivity index (χ1) is 9.74. The molecule has 0 aliphatic carbocycles. The molecule has 0 aliphatic heterocycles. The molecule has 5 heteroatoms.